The topological polar surface area (TPSA) is 72.2 Å². The van der Waals surface area contributed by atoms with Gasteiger partial charge in [0.05, 0.1) is 10.5 Å². The van der Waals surface area contributed by atoms with Crippen molar-refractivity contribution in [3.63, 3.8) is 0 Å². The molecule has 0 bridgehead atoms. The van der Waals surface area contributed by atoms with Crippen LogP contribution in [0.1, 0.15) is 48.5 Å². The van der Waals surface area contributed by atoms with Gasteiger partial charge in [-0.3, -0.25) is 14.9 Å². The molecule has 0 aromatic heterocycles. The third kappa shape index (κ3) is 3.56. The highest BCUT2D eigenvalue weighted by Gasteiger charge is 2.23. The maximum atomic E-state index is 13.7. The van der Waals surface area contributed by atoms with E-state index < -0.39 is 16.6 Å². The van der Waals surface area contributed by atoms with Gasteiger partial charge in [-0.15, -0.1) is 0 Å². The summed E-state index contributed by atoms with van der Waals surface area (Å²) in [6.45, 7) is 3.51. The maximum Gasteiger partial charge on any atom is 0.276 e. The van der Waals surface area contributed by atoms with Crippen molar-refractivity contribution in [1.82, 2.24) is 5.32 Å². The number of amides is 1. The van der Waals surface area contributed by atoms with E-state index in [0.29, 0.717) is 5.92 Å². The van der Waals surface area contributed by atoms with Crippen LogP contribution < -0.4 is 5.32 Å². The molecule has 1 amide bonds. The number of nitro groups is 1. The molecule has 6 heteroatoms. The number of hydrogen-bond donors (Lipinski definition) is 1. The predicted octanol–water partition coefficient (Wildman–Crippen LogP) is 3.35. The van der Waals surface area contributed by atoms with Gasteiger partial charge in [0.25, 0.3) is 11.6 Å². The molecule has 0 radical (unpaired) electrons. The molecule has 0 heterocycles. The Labute approximate surface area is 122 Å². The molecule has 21 heavy (non-hydrogen) atoms. The number of halogens is 1. The molecule has 2 rings (SSSR count). The number of hydrogen-bond acceptors (Lipinski definition) is 3. The van der Waals surface area contributed by atoms with E-state index in [2.05, 4.69) is 12.2 Å². The molecule has 0 unspecified atom stereocenters. The van der Waals surface area contributed by atoms with Crippen molar-refractivity contribution in [2.75, 3.05) is 0 Å². The van der Waals surface area contributed by atoms with Crippen molar-refractivity contribution in [3.8, 4) is 0 Å². The van der Waals surface area contributed by atoms with E-state index in [0.717, 1.165) is 37.8 Å². The van der Waals surface area contributed by atoms with Gasteiger partial charge >= 0.3 is 0 Å². The minimum Gasteiger partial charge on any atom is -0.349 e. The van der Waals surface area contributed by atoms with E-state index in [1.807, 2.05) is 0 Å². The second kappa shape index (κ2) is 6.20. The first-order valence-corrected chi connectivity index (χ1v) is 7.14. The zero-order valence-electron chi connectivity index (χ0n) is 12.2. The molecular weight excluding hydrogens is 275 g/mol. The van der Waals surface area contributed by atoms with Crippen molar-refractivity contribution in [2.45, 2.75) is 45.6 Å². The van der Waals surface area contributed by atoms with Crippen LogP contribution in [0.3, 0.4) is 0 Å². The number of benzene rings is 1. The Balaban J connectivity index is 2.14. The van der Waals surface area contributed by atoms with Crippen LogP contribution in [-0.4, -0.2) is 16.9 Å². The SMILES string of the molecule is Cc1c(F)cc(C(=O)NC2CCC(C)CC2)cc1[N+](=O)[O-]. The highest BCUT2D eigenvalue weighted by atomic mass is 19.1. The number of carbonyl (C=O) groups is 1. The van der Waals surface area contributed by atoms with E-state index in [1.165, 1.54) is 6.92 Å². The monoisotopic (exact) mass is 294 g/mol. The van der Waals surface area contributed by atoms with Gasteiger partial charge < -0.3 is 5.32 Å². The van der Waals surface area contributed by atoms with Gasteiger partial charge in [-0.1, -0.05) is 6.92 Å². The summed E-state index contributed by atoms with van der Waals surface area (Å²) in [6.07, 6.45) is 3.88. The fourth-order valence-corrected chi connectivity index (χ4v) is 2.66. The summed E-state index contributed by atoms with van der Waals surface area (Å²) in [6, 6.07) is 2.26. The van der Waals surface area contributed by atoms with Gasteiger partial charge in [-0.05, 0) is 44.6 Å². The molecular formula is C15H19FN2O3. The number of nitrogens with zero attached hydrogens (tertiary/aromatic N) is 1. The Kier molecular flexibility index (Phi) is 4.55. The molecule has 1 N–H and O–H groups in total. The Morgan fingerprint density at radius 1 is 1.33 bits per heavy atom. The third-order valence-corrected chi connectivity index (χ3v) is 4.13. The zero-order chi connectivity index (χ0) is 15.6. The van der Waals surface area contributed by atoms with E-state index in [9.17, 15) is 19.3 Å². The minimum absolute atomic E-state index is 0.00317. The average Bonchev–Trinajstić information content (AvgIpc) is 2.43. The molecule has 114 valence electrons. The highest BCUT2D eigenvalue weighted by Crippen LogP contribution is 2.25. The van der Waals surface area contributed by atoms with Crippen LogP contribution in [0.2, 0.25) is 0 Å². The first-order valence-electron chi connectivity index (χ1n) is 7.14. The Morgan fingerprint density at radius 3 is 2.52 bits per heavy atom. The summed E-state index contributed by atoms with van der Waals surface area (Å²) in [5.74, 6) is -0.515. The van der Waals surface area contributed by atoms with Crippen LogP contribution in [0, 0.1) is 28.8 Å². The van der Waals surface area contributed by atoms with Crippen LogP contribution in [0.25, 0.3) is 0 Å². The van der Waals surface area contributed by atoms with Gasteiger partial charge in [0.2, 0.25) is 0 Å². The fourth-order valence-electron chi connectivity index (χ4n) is 2.66. The average molecular weight is 294 g/mol. The Hall–Kier alpha value is -1.98. The van der Waals surface area contributed by atoms with Crippen LogP contribution in [0.5, 0.6) is 0 Å². The number of carbonyl (C=O) groups excluding carboxylic acids is 1. The molecule has 1 saturated carbocycles. The van der Waals surface area contributed by atoms with Gasteiger partial charge in [0.15, 0.2) is 0 Å². The zero-order valence-corrected chi connectivity index (χ0v) is 12.2. The van der Waals surface area contributed by atoms with Crippen LogP contribution in [-0.2, 0) is 0 Å². The fraction of sp³-hybridized carbons (Fsp3) is 0.533. The first kappa shape index (κ1) is 15.4. The van der Waals surface area contributed by atoms with Gasteiger partial charge in [-0.2, -0.15) is 0 Å². The molecule has 1 aromatic rings. The summed E-state index contributed by atoms with van der Waals surface area (Å²) in [5.41, 5.74) is -0.413. The van der Waals surface area contributed by atoms with Gasteiger partial charge in [-0.25, -0.2) is 4.39 Å². The van der Waals surface area contributed by atoms with Crippen molar-refractivity contribution >= 4 is 11.6 Å². The normalized spacial score (nSPS) is 21.9. The van der Waals surface area contributed by atoms with Crippen molar-refractivity contribution in [1.29, 1.82) is 0 Å². The van der Waals surface area contributed by atoms with Crippen molar-refractivity contribution < 1.29 is 14.1 Å². The van der Waals surface area contributed by atoms with E-state index in [-0.39, 0.29) is 22.9 Å². The van der Waals surface area contributed by atoms with Crippen molar-refractivity contribution in [2.24, 2.45) is 5.92 Å². The number of nitro benzene ring substituents is 1. The Bertz CT molecular complexity index is 566. The summed E-state index contributed by atoms with van der Waals surface area (Å²) in [7, 11) is 0. The Morgan fingerprint density at radius 2 is 1.95 bits per heavy atom. The maximum absolute atomic E-state index is 13.7. The molecule has 0 atom stereocenters. The third-order valence-electron chi connectivity index (χ3n) is 4.13. The lowest BCUT2D eigenvalue weighted by molar-refractivity contribution is -0.385. The molecule has 1 aliphatic rings. The second-order valence-corrected chi connectivity index (χ2v) is 5.79. The number of nitrogens with one attached hydrogen (secondary N) is 1. The van der Waals surface area contributed by atoms with E-state index in [4.69, 9.17) is 0 Å². The van der Waals surface area contributed by atoms with E-state index >= 15 is 0 Å². The van der Waals surface area contributed by atoms with Crippen molar-refractivity contribution in [3.05, 3.63) is 39.2 Å². The predicted molar refractivity (Wildman–Crippen MR) is 76.7 cm³/mol. The quantitative estimate of drug-likeness (QED) is 0.686. The highest BCUT2D eigenvalue weighted by molar-refractivity contribution is 5.95. The lowest BCUT2D eigenvalue weighted by atomic mass is 9.87. The van der Waals surface area contributed by atoms with Crippen LogP contribution in [0.4, 0.5) is 10.1 Å². The molecule has 0 saturated heterocycles. The molecule has 5 nitrogen and oxygen atoms in total. The molecule has 0 aliphatic heterocycles. The summed E-state index contributed by atoms with van der Waals surface area (Å²) in [4.78, 5) is 22.3. The summed E-state index contributed by atoms with van der Waals surface area (Å²) < 4.78 is 13.7. The van der Waals surface area contributed by atoms with Crippen LogP contribution in [0.15, 0.2) is 12.1 Å². The smallest absolute Gasteiger partial charge is 0.276 e. The second-order valence-electron chi connectivity index (χ2n) is 5.79. The summed E-state index contributed by atoms with van der Waals surface area (Å²) >= 11 is 0. The minimum atomic E-state index is -0.730. The van der Waals surface area contributed by atoms with Gasteiger partial charge in [0, 0.05) is 17.7 Å². The molecule has 0 spiro atoms. The summed E-state index contributed by atoms with van der Waals surface area (Å²) in [5, 5.41) is 13.7. The standard InChI is InChI=1S/C15H19FN2O3/c1-9-3-5-12(6-4-9)17-15(19)11-7-13(16)10(2)14(8-11)18(20)21/h7-9,12H,3-6H2,1-2H3,(H,17,19). The molecule has 1 aliphatic carbocycles. The largest absolute Gasteiger partial charge is 0.349 e. The molecule has 1 fully saturated rings. The van der Waals surface area contributed by atoms with E-state index in [1.54, 1.807) is 0 Å². The molecule has 1 aromatic carbocycles. The first-order chi connectivity index (χ1) is 9.88. The lowest BCUT2D eigenvalue weighted by Gasteiger charge is -2.26. The van der Waals surface area contributed by atoms with Crippen LogP contribution >= 0.6 is 0 Å². The lowest BCUT2D eigenvalue weighted by Crippen LogP contribution is -2.37. The van der Waals surface area contributed by atoms with Gasteiger partial charge in [0.1, 0.15) is 5.82 Å². The number of rotatable bonds is 3.